The number of ether oxygens (including phenoxy) is 1. The molecule has 0 spiro atoms. The van der Waals surface area contributed by atoms with Crippen molar-refractivity contribution < 1.29 is 29.9 Å². The largest absolute Gasteiger partial charge is 0.548 e. The van der Waals surface area contributed by atoms with Gasteiger partial charge in [-0.3, -0.25) is 0 Å². The molecule has 5 N–H and O–H groups in total. The van der Waals surface area contributed by atoms with E-state index in [1.165, 1.54) is 12.8 Å². The van der Waals surface area contributed by atoms with Gasteiger partial charge in [0.1, 0.15) is 12.6 Å². The lowest BCUT2D eigenvalue weighted by atomic mass is 9.95. The summed E-state index contributed by atoms with van der Waals surface area (Å²) >= 11 is 0. The van der Waals surface area contributed by atoms with Crippen LogP contribution in [0.5, 0.6) is 0 Å². The van der Waals surface area contributed by atoms with E-state index in [4.69, 9.17) is 25.5 Å². The first-order chi connectivity index (χ1) is 13.0. The van der Waals surface area contributed by atoms with Crippen molar-refractivity contribution in [3.63, 3.8) is 0 Å². The average Bonchev–Trinajstić information content (AvgIpc) is 2.59. The number of hydrogen-bond donors (Lipinski definition) is 3. The summed E-state index contributed by atoms with van der Waals surface area (Å²) in [5.74, 6) is -0.362. The van der Waals surface area contributed by atoms with Crippen LogP contribution in [-0.2, 0) is 9.53 Å². The lowest BCUT2D eigenvalue weighted by molar-refractivity contribution is -0.721. The molecule has 0 aliphatic carbocycles. The molecule has 7 nitrogen and oxygen atoms in total. The van der Waals surface area contributed by atoms with Gasteiger partial charge in [-0.15, -0.1) is 0 Å². The summed E-state index contributed by atoms with van der Waals surface area (Å²) in [6.07, 6.45) is 2.38. The maximum Gasteiger partial charge on any atom is 0.338 e. The van der Waals surface area contributed by atoms with Gasteiger partial charge < -0.3 is 30.8 Å². The Kier molecular flexibility index (Phi) is 12.9. The Bertz CT molecular complexity index is 563. The second-order valence-electron chi connectivity index (χ2n) is 7.94. The van der Waals surface area contributed by atoms with E-state index in [-0.39, 0.29) is 12.0 Å². The van der Waals surface area contributed by atoms with Crippen molar-refractivity contribution in [1.82, 2.24) is 0 Å². The average molecular weight is 397 g/mol. The minimum Gasteiger partial charge on any atom is -0.548 e. The third-order valence-electron chi connectivity index (χ3n) is 3.90. The standard InChI is InChI=1S/C19H32N2O2.C2H4O3/c1-13(2)10-18(11-14(3)4)21-15(5)12-23-19(22)16-6-8-17(20)9-7-16;3-1-2(4)5/h6-9,13-15,18,21H,10-12,20H2,1-5H3;3H,1H2,(H,4,5). The highest BCUT2D eigenvalue weighted by molar-refractivity contribution is 5.89. The fourth-order valence-corrected chi connectivity index (χ4v) is 2.89. The van der Waals surface area contributed by atoms with Gasteiger partial charge in [0.15, 0.2) is 0 Å². The van der Waals surface area contributed by atoms with Crippen LogP contribution in [0.3, 0.4) is 0 Å². The van der Waals surface area contributed by atoms with Crippen molar-refractivity contribution in [2.45, 2.75) is 59.5 Å². The zero-order valence-electron chi connectivity index (χ0n) is 17.7. The smallest absolute Gasteiger partial charge is 0.338 e. The maximum absolute atomic E-state index is 12.0. The number of aliphatic hydroxyl groups excluding tert-OH is 1. The molecule has 0 aliphatic rings. The zero-order chi connectivity index (χ0) is 21.7. The predicted molar refractivity (Wildman–Crippen MR) is 107 cm³/mol. The van der Waals surface area contributed by atoms with Gasteiger partial charge in [0.25, 0.3) is 0 Å². The van der Waals surface area contributed by atoms with Gasteiger partial charge in [-0.25, -0.2) is 4.79 Å². The minimum atomic E-state index is -1.44. The van der Waals surface area contributed by atoms with Crippen molar-refractivity contribution in [3.05, 3.63) is 29.8 Å². The van der Waals surface area contributed by atoms with Gasteiger partial charge in [-0.1, -0.05) is 27.7 Å². The third-order valence-corrected chi connectivity index (χ3v) is 3.90. The van der Waals surface area contributed by atoms with Crippen LogP contribution in [0.4, 0.5) is 5.69 Å². The molecule has 0 aromatic heterocycles. The lowest BCUT2D eigenvalue weighted by Gasteiger charge is -2.23. The molecule has 0 fully saturated rings. The third kappa shape index (κ3) is 13.1. The van der Waals surface area contributed by atoms with Gasteiger partial charge in [-0.2, -0.15) is 0 Å². The number of benzene rings is 1. The summed E-state index contributed by atoms with van der Waals surface area (Å²) in [4.78, 5) is 21.0. The Morgan fingerprint density at radius 1 is 1.07 bits per heavy atom. The van der Waals surface area contributed by atoms with Gasteiger partial charge in [-0.05, 0) is 43.0 Å². The molecule has 0 saturated heterocycles. The second kappa shape index (κ2) is 14.0. The van der Waals surface area contributed by atoms with Crippen LogP contribution >= 0.6 is 0 Å². The van der Waals surface area contributed by atoms with Crippen molar-refractivity contribution in [1.29, 1.82) is 0 Å². The van der Waals surface area contributed by atoms with Crippen LogP contribution in [0.1, 0.15) is 57.8 Å². The quantitative estimate of drug-likeness (QED) is 0.392. The van der Waals surface area contributed by atoms with E-state index in [2.05, 4.69) is 39.9 Å². The summed E-state index contributed by atoms with van der Waals surface area (Å²) in [7, 11) is 0. The molecule has 160 valence electrons. The van der Waals surface area contributed by atoms with Crippen LogP contribution in [0.15, 0.2) is 24.3 Å². The first-order valence-electron chi connectivity index (χ1n) is 9.73. The SMILES string of the molecule is CC(C)CC(CC(C)C)[NH2+]C(C)COC(=O)c1ccc(N)cc1.O=C([O-])CO. The van der Waals surface area contributed by atoms with Gasteiger partial charge in [0, 0.05) is 18.5 Å². The summed E-state index contributed by atoms with van der Waals surface area (Å²) < 4.78 is 5.43. The number of carboxylic acids is 1. The highest BCUT2D eigenvalue weighted by atomic mass is 16.5. The van der Waals surface area contributed by atoms with Crippen LogP contribution in [-0.4, -0.2) is 42.3 Å². The fraction of sp³-hybridized carbons (Fsp3) is 0.619. The van der Waals surface area contributed by atoms with Gasteiger partial charge in [0.2, 0.25) is 0 Å². The molecule has 0 bridgehead atoms. The Hall–Kier alpha value is -2.12. The fourth-order valence-electron chi connectivity index (χ4n) is 2.89. The summed E-state index contributed by atoms with van der Waals surface area (Å²) in [6, 6.07) is 7.68. The normalized spacial score (nSPS) is 11.9. The number of aliphatic carboxylic acids is 1. The molecule has 7 heteroatoms. The van der Waals surface area contributed by atoms with Crippen LogP contribution < -0.4 is 16.2 Å². The zero-order valence-corrected chi connectivity index (χ0v) is 17.7. The topological polar surface area (TPSA) is 129 Å². The van der Waals surface area contributed by atoms with Crippen molar-refractivity contribution >= 4 is 17.6 Å². The molecule has 28 heavy (non-hydrogen) atoms. The maximum atomic E-state index is 12.0. The first-order valence-corrected chi connectivity index (χ1v) is 9.73. The molecular formula is C21H36N2O5. The number of quaternary nitrogens is 1. The van der Waals surface area contributed by atoms with E-state index in [9.17, 15) is 4.79 Å². The molecule has 1 aromatic rings. The molecule has 0 saturated carbocycles. The van der Waals surface area contributed by atoms with Crippen molar-refractivity contribution in [2.75, 3.05) is 18.9 Å². The second-order valence-corrected chi connectivity index (χ2v) is 7.94. The number of rotatable bonds is 10. The predicted octanol–water partition coefficient (Wildman–Crippen LogP) is 0.567. The molecule has 0 heterocycles. The highest BCUT2D eigenvalue weighted by Gasteiger charge is 2.20. The summed E-state index contributed by atoms with van der Waals surface area (Å²) in [6.45, 7) is 10.7. The Morgan fingerprint density at radius 3 is 1.93 bits per heavy atom. The number of carboxylic acid groups (broad SMARTS) is 1. The van der Waals surface area contributed by atoms with E-state index < -0.39 is 12.6 Å². The first kappa shape index (κ1) is 25.9. The van der Waals surface area contributed by atoms with E-state index in [1.54, 1.807) is 24.3 Å². The minimum absolute atomic E-state index is 0.259. The molecule has 0 amide bonds. The number of carbonyl (C=O) groups is 2. The van der Waals surface area contributed by atoms with E-state index in [0.717, 1.165) is 0 Å². The number of nitrogens with two attached hydrogens (primary N) is 2. The van der Waals surface area contributed by atoms with Gasteiger partial charge in [0.05, 0.1) is 24.2 Å². The monoisotopic (exact) mass is 396 g/mol. The van der Waals surface area contributed by atoms with Crippen LogP contribution in [0.2, 0.25) is 0 Å². The van der Waals surface area contributed by atoms with Crippen molar-refractivity contribution in [2.24, 2.45) is 11.8 Å². The number of hydrogen-bond acceptors (Lipinski definition) is 6. The van der Waals surface area contributed by atoms with E-state index >= 15 is 0 Å². The Labute approximate surface area is 168 Å². The van der Waals surface area contributed by atoms with E-state index in [1.807, 2.05) is 0 Å². The molecule has 1 atom stereocenters. The lowest BCUT2D eigenvalue weighted by Crippen LogP contribution is -2.95. The van der Waals surface area contributed by atoms with Crippen LogP contribution in [0, 0.1) is 11.8 Å². The number of esters is 1. The number of aliphatic hydroxyl groups is 1. The molecule has 1 rings (SSSR count). The van der Waals surface area contributed by atoms with Crippen molar-refractivity contribution in [3.8, 4) is 0 Å². The summed E-state index contributed by atoms with van der Waals surface area (Å²) in [5, 5.41) is 18.8. The number of carbonyl (C=O) groups excluding carboxylic acids is 2. The Balaban J connectivity index is 0.00000129. The molecule has 0 aliphatic heterocycles. The molecule has 1 unspecified atom stereocenters. The molecule has 1 aromatic carbocycles. The van der Waals surface area contributed by atoms with Crippen LogP contribution in [0.25, 0.3) is 0 Å². The highest BCUT2D eigenvalue weighted by Crippen LogP contribution is 2.11. The molecular weight excluding hydrogens is 360 g/mol. The number of nitrogen functional groups attached to an aromatic ring is 1. The van der Waals surface area contributed by atoms with Gasteiger partial charge >= 0.3 is 5.97 Å². The summed E-state index contributed by atoms with van der Waals surface area (Å²) in [5.41, 5.74) is 6.82. The molecule has 0 radical (unpaired) electrons. The Morgan fingerprint density at radius 2 is 1.54 bits per heavy atom. The number of anilines is 1. The van der Waals surface area contributed by atoms with E-state index in [0.29, 0.717) is 35.7 Å².